The predicted octanol–water partition coefficient (Wildman–Crippen LogP) is 2.69. The third kappa shape index (κ3) is 2.90. The number of hydrogen-bond acceptors (Lipinski definition) is 4. The summed E-state index contributed by atoms with van der Waals surface area (Å²) in [4.78, 5) is 8.46. The minimum absolute atomic E-state index is 0.488. The van der Waals surface area contributed by atoms with Gasteiger partial charge in [-0.15, -0.1) is 11.3 Å². The average Bonchev–Trinajstić information content (AvgIpc) is 2.74. The Morgan fingerprint density at radius 3 is 2.94 bits per heavy atom. The fourth-order valence-corrected chi connectivity index (χ4v) is 2.64. The van der Waals surface area contributed by atoms with Crippen molar-refractivity contribution in [2.75, 3.05) is 0 Å². The van der Waals surface area contributed by atoms with Gasteiger partial charge in [0.15, 0.2) is 0 Å². The Morgan fingerprint density at radius 2 is 2.29 bits per heavy atom. The molecule has 1 atom stereocenters. The standard InChI is InChI=1S/C13H16N2OS/c1-3-10-7-14-5-4-11(10)12(16)6-13-15-9(2)8-17-13/h4-5,7-8,12,16H,3,6H2,1-2H3. The van der Waals surface area contributed by atoms with Crippen molar-refractivity contribution >= 4 is 11.3 Å². The molecule has 4 heteroatoms. The van der Waals surface area contributed by atoms with Crippen molar-refractivity contribution < 1.29 is 5.11 Å². The minimum Gasteiger partial charge on any atom is -0.388 e. The molecular weight excluding hydrogens is 232 g/mol. The Morgan fingerprint density at radius 1 is 1.47 bits per heavy atom. The molecule has 2 aromatic heterocycles. The third-order valence-electron chi connectivity index (χ3n) is 2.72. The molecule has 17 heavy (non-hydrogen) atoms. The van der Waals surface area contributed by atoms with Crippen LogP contribution in [-0.4, -0.2) is 15.1 Å². The molecule has 0 radical (unpaired) electrons. The molecule has 0 aromatic carbocycles. The summed E-state index contributed by atoms with van der Waals surface area (Å²) in [6, 6.07) is 1.89. The highest BCUT2D eigenvalue weighted by Gasteiger charge is 2.13. The third-order valence-corrected chi connectivity index (χ3v) is 3.70. The van der Waals surface area contributed by atoms with E-state index in [1.807, 2.05) is 24.6 Å². The Kier molecular flexibility index (Phi) is 3.86. The first kappa shape index (κ1) is 12.2. The van der Waals surface area contributed by atoms with Crippen LogP contribution in [0.1, 0.15) is 34.9 Å². The molecule has 0 fully saturated rings. The fourth-order valence-electron chi connectivity index (χ4n) is 1.83. The van der Waals surface area contributed by atoms with Crippen molar-refractivity contribution in [3.05, 3.63) is 45.7 Å². The lowest BCUT2D eigenvalue weighted by molar-refractivity contribution is 0.177. The van der Waals surface area contributed by atoms with Crippen molar-refractivity contribution in [1.29, 1.82) is 0 Å². The Hall–Kier alpha value is -1.26. The Labute approximate surface area is 105 Å². The quantitative estimate of drug-likeness (QED) is 0.905. The summed E-state index contributed by atoms with van der Waals surface area (Å²) in [5.41, 5.74) is 3.09. The van der Waals surface area contributed by atoms with Gasteiger partial charge in [0.25, 0.3) is 0 Å². The number of aliphatic hydroxyl groups excluding tert-OH is 1. The van der Waals surface area contributed by atoms with Gasteiger partial charge < -0.3 is 5.11 Å². The molecule has 0 aliphatic rings. The number of aromatic nitrogens is 2. The van der Waals surface area contributed by atoms with E-state index >= 15 is 0 Å². The van der Waals surface area contributed by atoms with Crippen LogP contribution < -0.4 is 0 Å². The molecule has 0 bridgehead atoms. The van der Waals surface area contributed by atoms with Gasteiger partial charge in [0.05, 0.1) is 11.1 Å². The van der Waals surface area contributed by atoms with E-state index in [9.17, 15) is 5.11 Å². The largest absolute Gasteiger partial charge is 0.388 e. The number of pyridine rings is 1. The van der Waals surface area contributed by atoms with Crippen molar-refractivity contribution in [3.63, 3.8) is 0 Å². The van der Waals surface area contributed by atoms with Crippen molar-refractivity contribution in [2.45, 2.75) is 32.8 Å². The summed E-state index contributed by atoms with van der Waals surface area (Å²) in [5, 5.41) is 13.2. The van der Waals surface area contributed by atoms with Gasteiger partial charge in [-0.2, -0.15) is 0 Å². The Balaban J connectivity index is 2.16. The van der Waals surface area contributed by atoms with E-state index in [2.05, 4.69) is 16.9 Å². The van der Waals surface area contributed by atoms with Crippen LogP contribution >= 0.6 is 11.3 Å². The zero-order chi connectivity index (χ0) is 12.3. The highest BCUT2D eigenvalue weighted by Crippen LogP contribution is 2.23. The summed E-state index contributed by atoms with van der Waals surface area (Å²) in [6.45, 7) is 4.04. The number of aliphatic hydroxyl groups is 1. The predicted molar refractivity (Wildman–Crippen MR) is 69.1 cm³/mol. The van der Waals surface area contributed by atoms with Gasteiger partial charge in [0.2, 0.25) is 0 Å². The molecule has 2 rings (SSSR count). The summed E-state index contributed by atoms with van der Waals surface area (Å²) in [6.07, 6.45) is 4.53. The van der Waals surface area contributed by atoms with Gasteiger partial charge in [0.1, 0.15) is 0 Å². The van der Waals surface area contributed by atoms with Crippen LogP contribution in [0.25, 0.3) is 0 Å². The van der Waals surface area contributed by atoms with Crippen LogP contribution in [0.5, 0.6) is 0 Å². The van der Waals surface area contributed by atoms with Crippen molar-refractivity contribution in [1.82, 2.24) is 9.97 Å². The van der Waals surface area contributed by atoms with Crippen LogP contribution in [0, 0.1) is 6.92 Å². The maximum absolute atomic E-state index is 10.2. The minimum atomic E-state index is -0.488. The van der Waals surface area contributed by atoms with E-state index in [0.717, 1.165) is 28.2 Å². The molecule has 2 heterocycles. The lowest BCUT2D eigenvalue weighted by Gasteiger charge is -2.12. The van der Waals surface area contributed by atoms with E-state index in [0.29, 0.717) is 6.42 Å². The first-order chi connectivity index (χ1) is 8.20. The normalized spacial score (nSPS) is 12.6. The molecule has 0 aliphatic carbocycles. The topological polar surface area (TPSA) is 46.0 Å². The molecule has 0 spiro atoms. The van der Waals surface area contributed by atoms with Crippen LogP contribution in [-0.2, 0) is 12.8 Å². The van der Waals surface area contributed by atoms with Gasteiger partial charge >= 0.3 is 0 Å². The van der Waals surface area contributed by atoms with Crippen LogP contribution in [0.15, 0.2) is 23.8 Å². The smallest absolute Gasteiger partial charge is 0.0957 e. The van der Waals surface area contributed by atoms with Crippen LogP contribution in [0.4, 0.5) is 0 Å². The average molecular weight is 248 g/mol. The molecule has 0 saturated heterocycles. The molecule has 1 unspecified atom stereocenters. The summed E-state index contributed by atoms with van der Waals surface area (Å²) in [7, 11) is 0. The molecule has 3 nitrogen and oxygen atoms in total. The summed E-state index contributed by atoms with van der Waals surface area (Å²) < 4.78 is 0. The number of aryl methyl sites for hydroxylation is 2. The summed E-state index contributed by atoms with van der Waals surface area (Å²) in [5.74, 6) is 0. The molecule has 1 N–H and O–H groups in total. The Bertz CT molecular complexity index is 496. The van der Waals surface area contributed by atoms with E-state index in [4.69, 9.17) is 0 Å². The van der Waals surface area contributed by atoms with Crippen molar-refractivity contribution in [2.24, 2.45) is 0 Å². The second-order valence-electron chi connectivity index (χ2n) is 4.03. The van der Waals surface area contributed by atoms with Gasteiger partial charge in [-0.25, -0.2) is 4.98 Å². The zero-order valence-electron chi connectivity index (χ0n) is 10.1. The molecule has 0 saturated carbocycles. The van der Waals surface area contributed by atoms with Gasteiger partial charge in [-0.1, -0.05) is 6.92 Å². The van der Waals surface area contributed by atoms with Crippen LogP contribution in [0.2, 0.25) is 0 Å². The van der Waals surface area contributed by atoms with Crippen molar-refractivity contribution in [3.8, 4) is 0 Å². The zero-order valence-corrected chi connectivity index (χ0v) is 10.9. The lowest BCUT2D eigenvalue weighted by Crippen LogP contribution is -2.05. The molecule has 90 valence electrons. The second kappa shape index (κ2) is 5.38. The molecule has 2 aromatic rings. The second-order valence-corrected chi connectivity index (χ2v) is 4.97. The first-order valence-corrected chi connectivity index (χ1v) is 6.60. The number of thiazole rings is 1. The molecule has 0 aliphatic heterocycles. The highest BCUT2D eigenvalue weighted by atomic mass is 32.1. The van der Waals surface area contributed by atoms with Crippen LogP contribution in [0.3, 0.4) is 0 Å². The maximum Gasteiger partial charge on any atom is 0.0957 e. The van der Waals surface area contributed by atoms with E-state index in [1.165, 1.54) is 0 Å². The summed E-state index contributed by atoms with van der Waals surface area (Å²) >= 11 is 1.60. The monoisotopic (exact) mass is 248 g/mol. The first-order valence-electron chi connectivity index (χ1n) is 5.72. The number of nitrogens with zero attached hydrogens (tertiary/aromatic N) is 2. The van der Waals surface area contributed by atoms with E-state index in [-0.39, 0.29) is 0 Å². The van der Waals surface area contributed by atoms with Gasteiger partial charge in [-0.3, -0.25) is 4.98 Å². The fraction of sp³-hybridized carbons (Fsp3) is 0.385. The molecular formula is C13H16N2OS. The number of hydrogen-bond donors (Lipinski definition) is 1. The number of rotatable bonds is 4. The maximum atomic E-state index is 10.2. The van der Waals surface area contributed by atoms with E-state index < -0.39 is 6.10 Å². The highest BCUT2D eigenvalue weighted by molar-refractivity contribution is 7.09. The molecule has 0 amide bonds. The van der Waals surface area contributed by atoms with Gasteiger partial charge in [-0.05, 0) is 30.5 Å². The van der Waals surface area contributed by atoms with Gasteiger partial charge in [0, 0.05) is 29.9 Å². The lowest BCUT2D eigenvalue weighted by atomic mass is 10.0. The van der Waals surface area contributed by atoms with E-state index in [1.54, 1.807) is 17.5 Å². The SMILES string of the molecule is CCc1cnccc1C(O)Cc1nc(C)cs1.